The Balaban J connectivity index is 2.00. The van der Waals surface area contributed by atoms with Gasteiger partial charge in [0, 0.05) is 11.9 Å². The first-order valence-corrected chi connectivity index (χ1v) is 7.06. The first kappa shape index (κ1) is 12.6. The quantitative estimate of drug-likeness (QED) is 0.768. The van der Waals surface area contributed by atoms with Crippen LogP contribution >= 0.6 is 11.3 Å². The number of rotatable bonds is 4. The molecule has 0 unspecified atom stereocenters. The van der Waals surface area contributed by atoms with Gasteiger partial charge < -0.3 is 10.4 Å². The van der Waals surface area contributed by atoms with E-state index in [-0.39, 0.29) is 5.69 Å². The Morgan fingerprint density at radius 3 is 2.90 bits per heavy atom. The van der Waals surface area contributed by atoms with Crippen LogP contribution in [0.4, 0.5) is 5.82 Å². The average molecular weight is 284 g/mol. The van der Waals surface area contributed by atoms with Crippen molar-refractivity contribution in [3.05, 3.63) is 58.4 Å². The molecule has 2 aromatic heterocycles. The molecule has 0 amide bonds. The lowest BCUT2D eigenvalue weighted by Gasteiger charge is -2.09. The number of pyridine rings is 1. The number of aromatic carboxylic acids is 1. The molecular weight excluding hydrogens is 272 g/mol. The number of nitrogens with zero attached hydrogens (tertiary/aromatic N) is 1. The second-order valence-corrected chi connectivity index (χ2v) is 5.15. The maximum absolute atomic E-state index is 11.1. The van der Waals surface area contributed by atoms with Crippen LogP contribution in [-0.2, 0) is 6.54 Å². The van der Waals surface area contributed by atoms with Gasteiger partial charge >= 0.3 is 5.97 Å². The molecule has 0 bridgehead atoms. The zero-order valence-corrected chi connectivity index (χ0v) is 11.4. The summed E-state index contributed by atoms with van der Waals surface area (Å²) in [4.78, 5) is 15.3. The lowest BCUT2D eigenvalue weighted by molar-refractivity contribution is 0.0691. The molecule has 0 aliphatic heterocycles. The van der Waals surface area contributed by atoms with Crippen LogP contribution < -0.4 is 5.32 Å². The summed E-state index contributed by atoms with van der Waals surface area (Å²) in [7, 11) is 0. The van der Waals surface area contributed by atoms with Gasteiger partial charge in [-0.1, -0.05) is 24.3 Å². The number of hydrogen-bond acceptors (Lipinski definition) is 4. The van der Waals surface area contributed by atoms with E-state index in [1.807, 2.05) is 35.7 Å². The number of anilines is 1. The van der Waals surface area contributed by atoms with Crippen LogP contribution in [0.15, 0.2) is 47.2 Å². The maximum Gasteiger partial charge on any atom is 0.354 e. The summed E-state index contributed by atoms with van der Waals surface area (Å²) in [6.45, 7) is 0.629. The van der Waals surface area contributed by atoms with Gasteiger partial charge in [0.25, 0.3) is 0 Å². The molecule has 0 radical (unpaired) electrons. The van der Waals surface area contributed by atoms with Gasteiger partial charge in [0.15, 0.2) is 5.69 Å². The smallest absolute Gasteiger partial charge is 0.354 e. The molecule has 5 heteroatoms. The average Bonchev–Trinajstić information content (AvgIpc) is 2.97. The predicted molar refractivity (Wildman–Crippen MR) is 80.3 cm³/mol. The highest BCUT2D eigenvalue weighted by atomic mass is 32.1. The first-order valence-electron chi connectivity index (χ1n) is 6.12. The van der Waals surface area contributed by atoms with Crippen LogP contribution in [-0.4, -0.2) is 16.1 Å². The Hall–Kier alpha value is -2.40. The van der Waals surface area contributed by atoms with Gasteiger partial charge in [-0.05, 0) is 33.8 Å². The molecule has 0 aliphatic carbocycles. The van der Waals surface area contributed by atoms with E-state index in [2.05, 4.69) is 15.7 Å². The lowest BCUT2D eigenvalue weighted by Crippen LogP contribution is -2.06. The van der Waals surface area contributed by atoms with Gasteiger partial charge in [-0.15, -0.1) is 0 Å². The van der Waals surface area contributed by atoms with Crippen molar-refractivity contribution in [3.8, 4) is 0 Å². The molecule has 3 aromatic rings. The van der Waals surface area contributed by atoms with Gasteiger partial charge in [-0.2, -0.15) is 11.3 Å². The van der Waals surface area contributed by atoms with E-state index in [0.717, 1.165) is 16.3 Å². The molecule has 0 aliphatic rings. The van der Waals surface area contributed by atoms with E-state index < -0.39 is 5.97 Å². The number of fused-ring (bicyclic) bond motifs is 1. The Bertz CT molecular complexity index is 754. The van der Waals surface area contributed by atoms with Crippen LogP contribution in [0.3, 0.4) is 0 Å². The van der Waals surface area contributed by atoms with Crippen LogP contribution in [0.5, 0.6) is 0 Å². The molecule has 4 nitrogen and oxygen atoms in total. The molecule has 3 rings (SSSR count). The summed E-state index contributed by atoms with van der Waals surface area (Å²) in [6, 6.07) is 11.2. The van der Waals surface area contributed by atoms with Crippen molar-refractivity contribution in [2.45, 2.75) is 6.54 Å². The Labute approximate surface area is 119 Å². The van der Waals surface area contributed by atoms with Gasteiger partial charge in [0.05, 0.1) is 0 Å². The van der Waals surface area contributed by atoms with Crippen LogP contribution in [0.1, 0.15) is 16.1 Å². The fourth-order valence-electron chi connectivity index (χ4n) is 2.02. The molecule has 0 atom stereocenters. The van der Waals surface area contributed by atoms with Crippen molar-refractivity contribution < 1.29 is 9.90 Å². The third kappa shape index (κ3) is 2.48. The SMILES string of the molecule is O=C(O)c1cc2ccccc2c(NCc2ccsc2)n1. The van der Waals surface area contributed by atoms with Crippen molar-refractivity contribution in [2.24, 2.45) is 0 Å². The number of carboxylic acid groups (broad SMARTS) is 1. The molecule has 0 fully saturated rings. The Kier molecular flexibility index (Phi) is 3.35. The van der Waals surface area contributed by atoms with Gasteiger partial charge in [0.1, 0.15) is 5.82 Å². The molecule has 2 N–H and O–H groups in total. The summed E-state index contributed by atoms with van der Waals surface area (Å²) in [5.74, 6) is -0.416. The third-order valence-electron chi connectivity index (χ3n) is 3.00. The second-order valence-electron chi connectivity index (χ2n) is 4.37. The van der Waals surface area contributed by atoms with Gasteiger partial charge in [-0.3, -0.25) is 0 Å². The molecule has 2 heterocycles. The summed E-state index contributed by atoms with van der Waals surface area (Å²) in [5.41, 5.74) is 1.21. The van der Waals surface area contributed by atoms with E-state index in [1.165, 1.54) is 0 Å². The highest BCUT2D eigenvalue weighted by molar-refractivity contribution is 7.07. The fourth-order valence-corrected chi connectivity index (χ4v) is 2.69. The zero-order valence-electron chi connectivity index (χ0n) is 10.5. The number of benzene rings is 1. The van der Waals surface area contributed by atoms with Crippen LogP contribution in [0.2, 0.25) is 0 Å². The van der Waals surface area contributed by atoms with E-state index in [0.29, 0.717) is 12.4 Å². The summed E-state index contributed by atoms with van der Waals surface area (Å²) >= 11 is 1.63. The molecule has 0 saturated heterocycles. The van der Waals surface area contributed by atoms with Crippen molar-refractivity contribution in [2.75, 3.05) is 5.32 Å². The van der Waals surface area contributed by atoms with Gasteiger partial charge in [-0.25, -0.2) is 9.78 Å². The van der Waals surface area contributed by atoms with E-state index in [4.69, 9.17) is 5.11 Å². The number of thiophene rings is 1. The van der Waals surface area contributed by atoms with E-state index in [1.54, 1.807) is 17.4 Å². The zero-order chi connectivity index (χ0) is 13.9. The van der Waals surface area contributed by atoms with Crippen molar-refractivity contribution in [1.82, 2.24) is 4.98 Å². The number of carboxylic acids is 1. The number of nitrogens with one attached hydrogen (secondary N) is 1. The van der Waals surface area contributed by atoms with Crippen molar-refractivity contribution >= 4 is 33.9 Å². The normalized spacial score (nSPS) is 10.6. The van der Waals surface area contributed by atoms with E-state index in [9.17, 15) is 4.79 Å². The minimum absolute atomic E-state index is 0.0523. The fraction of sp³-hybridized carbons (Fsp3) is 0.0667. The molecular formula is C15H12N2O2S. The highest BCUT2D eigenvalue weighted by Crippen LogP contribution is 2.23. The molecule has 20 heavy (non-hydrogen) atoms. The predicted octanol–water partition coefficient (Wildman–Crippen LogP) is 3.61. The largest absolute Gasteiger partial charge is 0.477 e. The number of aromatic nitrogens is 1. The standard InChI is InChI=1S/C15H12N2O2S/c18-15(19)13-7-11-3-1-2-4-12(11)14(17-13)16-8-10-5-6-20-9-10/h1-7,9H,8H2,(H,16,17)(H,18,19). The Morgan fingerprint density at radius 1 is 1.30 bits per heavy atom. The molecule has 100 valence electrons. The third-order valence-corrected chi connectivity index (χ3v) is 3.73. The second kappa shape index (κ2) is 5.30. The monoisotopic (exact) mass is 284 g/mol. The lowest BCUT2D eigenvalue weighted by atomic mass is 10.1. The van der Waals surface area contributed by atoms with Gasteiger partial charge in [0.2, 0.25) is 0 Å². The van der Waals surface area contributed by atoms with Crippen molar-refractivity contribution in [1.29, 1.82) is 0 Å². The topological polar surface area (TPSA) is 62.2 Å². The number of carbonyl (C=O) groups is 1. The van der Waals surface area contributed by atoms with Crippen LogP contribution in [0, 0.1) is 0 Å². The van der Waals surface area contributed by atoms with Crippen LogP contribution in [0.25, 0.3) is 10.8 Å². The van der Waals surface area contributed by atoms with E-state index >= 15 is 0 Å². The number of hydrogen-bond donors (Lipinski definition) is 2. The molecule has 0 spiro atoms. The highest BCUT2D eigenvalue weighted by Gasteiger charge is 2.10. The minimum Gasteiger partial charge on any atom is -0.477 e. The minimum atomic E-state index is -1.02. The summed E-state index contributed by atoms with van der Waals surface area (Å²) < 4.78 is 0. The first-order chi connectivity index (χ1) is 9.74. The Morgan fingerprint density at radius 2 is 2.15 bits per heavy atom. The maximum atomic E-state index is 11.1. The summed E-state index contributed by atoms with van der Waals surface area (Å²) in [5, 5.41) is 18.2. The summed E-state index contributed by atoms with van der Waals surface area (Å²) in [6.07, 6.45) is 0. The molecule has 0 saturated carbocycles. The molecule has 1 aromatic carbocycles. The van der Waals surface area contributed by atoms with Crippen molar-refractivity contribution in [3.63, 3.8) is 0 Å².